The predicted molar refractivity (Wildman–Crippen MR) is 51.6 cm³/mol. The van der Waals surface area contributed by atoms with Crippen molar-refractivity contribution >= 4 is 34.2 Å². The Hall–Kier alpha value is -1.05. The third-order valence-corrected chi connectivity index (χ3v) is 2.67. The fourth-order valence-corrected chi connectivity index (χ4v) is 2.05. The summed E-state index contributed by atoms with van der Waals surface area (Å²) in [6.45, 7) is 0. The fourth-order valence-electron chi connectivity index (χ4n) is 0.961. The molecule has 4 heteroatoms. The lowest BCUT2D eigenvalue weighted by Gasteiger charge is -1.87. The lowest BCUT2D eigenvalue weighted by Crippen LogP contribution is -1.68. The van der Waals surface area contributed by atoms with Crippen molar-refractivity contribution in [2.24, 2.45) is 0 Å². The van der Waals surface area contributed by atoms with Gasteiger partial charge in [-0.3, -0.25) is 0 Å². The topological polar surface area (TPSA) is 36.7 Å². The van der Waals surface area contributed by atoms with Gasteiger partial charge in [-0.1, -0.05) is 0 Å². The standard InChI is InChI=1S/C8H4N2S2/c9-4-8-10-6-2-1-5(11)3-7(6)12-8/h1-3,11H. The minimum Gasteiger partial charge on any atom is -0.226 e. The van der Waals surface area contributed by atoms with Crippen LogP contribution in [0.4, 0.5) is 0 Å². The highest BCUT2D eigenvalue weighted by molar-refractivity contribution is 7.80. The molecule has 2 aromatic rings. The second kappa shape index (κ2) is 2.77. The zero-order valence-electron chi connectivity index (χ0n) is 5.98. The van der Waals surface area contributed by atoms with Gasteiger partial charge in [0.2, 0.25) is 0 Å². The molecular weight excluding hydrogens is 188 g/mol. The zero-order chi connectivity index (χ0) is 8.55. The monoisotopic (exact) mass is 192 g/mol. The minimum atomic E-state index is 0.504. The Bertz CT molecular complexity index is 467. The number of hydrogen-bond acceptors (Lipinski definition) is 4. The van der Waals surface area contributed by atoms with Crippen LogP contribution in [0.1, 0.15) is 5.01 Å². The van der Waals surface area contributed by atoms with E-state index in [-0.39, 0.29) is 0 Å². The number of thiazole rings is 1. The normalized spacial score (nSPS) is 10.0. The smallest absolute Gasteiger partial charge is 0.195 e. The van der Waals surface area contributed by atoms with Crippen molar-refractivity contribution < 1.29 is 0 Å². The van der Waals surface area contributed by atoms with Crippen LogP contribution in [0, 0.1) is 11.3 Å². The molecule has 0 saturated carbocycles. The van der Waals surface area contributed by atoms with Crippen LogP contribution in [-0.2, 0) is 0 Å². The van der Waals surface area contributed by atoms with Gasteiger partial charge in [0.25, 0.3) is 0 Å². The zero-order valence-corrected chi connectivity index (χ0v) is 7.69. The van der Waals surface area contributed by atoms with Crippen molar-refractivity contribution in [1.82, 2.24) is 4.98 Å². The molecular formula is C8H4N2S2. The maximum absolute atomic E-state index is 8.59. The molecule has 58 valence electrons. The molecule has 0 fully saturated rings. The van der Waals surface area contributed by atoms with E-state index in [1.54, 1.807) is 0 Å². The van der Waals surface area contributed by atoms with E-state index in [0.29, 0.717) is 5.01 Å². The van der Waals surface area contributed by atoms with Gasteiger partial charge in [0.15, 0.2) is 5.01 Å². The maximum Gasteiger partial charge on any atom is 0.195 e. The number of nitrogens with zero attached hydrogens (tertiary/aromatic N) is 2. The Morgan fingerprint density at radius 2 is 2.33 bits per heavy atom. The predicted octanol–water partition coefficient (Wildman–Crippen LogP) is 2.46. The largest absolute Gasteiger partial charge is 0.226 e. The van der Waals surface area contributed by atoms with E-state index in [9.17, 15) is 0 Å². The molecule has 0 atom stereocenters. The van der Waals surface area contributed by atoms with Crippen molar-refractivity contribution in [1.29, 1.82) is 5.26 Å². The highest BCUT2D eigenvalue weighted by Gasteiger charge is 2.01. The molecule has 0 spiro atoms. The van der Waals surface area contributed by atoms with Gasteiger partial charge >= 0.3 is 0 Å². The Balaban J connectivity index is 2.77. The van der Waals surface area contributed by atoms with Gasteiger partial charge in [0.1, 0.15) is 6.07 Å². The number of hydrogen-bond donors (Lipinski definition) is 1. The number of aromatic nitrogens is 1. The average molecular weight is 192 g/mol. The van der Waals surface area contributed by atoms with Crippen LogP contribution in [0.5, 0.6) is 0 Å². The highest BCUT2D eigenvalue weighted by Crippen LogP contribution is 2.23. The second-order valence-electron chi connectivity index (χ2n) is 2.28. The third kappa shape index (κ3) is 1.17. The van der Waals surface area contributed by atoms with Gasteiger partial charge in [0.05, 0.1) is 10.2 Å². The van der Waals surface area contributed by atoms with Gasteiger partial charge in [-0.25, -0.2) is 4.98 Å². The van der Waals surface area contributed by atoms with Crippen LogP contribution in [0.2, 0.25) is 0 Å². The summed E-state index contributed by atoms with van der Waals surface area (Å²) in [7, 11) is 0. The summed E-state index contributed by atoms with van der Waals surface area (Å²) in [5.41, 5.74) is 0.870. The Kier molecular flexibility index (Phi) is 1.75. The minimum absolute atomic E-state index is 0.504. The van der Waals surface area contributed by atoms with Crippen molar-refractivity contribution in [2.75, 3.05) is 0 Å². The molecule has 0 bridgehead atoms. The van der Waals surface area contributed by atoms with Crippen LogP contribution >= 0.6 is 24.0 Å². The highest BCUT2D eigenvalue weighted by atomic mass is 32.1. The fraction of sp³-hybridized carbons (Fsp3) is 0. The average Bonchev–Trinajstić information content (AvgIpc) is 2.46. The first-order valence-electron chi connectivity index (χ1n) is 3.29. The SMILES string of the molecule is N#Cc1nc2ccc(S)cc2s1. The van der Waals surface area contributed by atoms with Crippen LogP contribution in [0.15, 0.2) is 23.1 Å². The Labute approximate surface area is 78.9 Å². The van der Waals surface area contributed by atoms with E-state index in [0.717, 1.165) is 15.1 Å². The van der Waals surface area contributed by atoms with Gasteiger partial charge in [-0.2, -0.15) is 5.26 Å². The summed E-state index contributed by atoms with van der Waals surface area (Å²) >= 11 is 5.59. The third-order valence-electron chi connectivity index (χ3n) is 1.47. The van der Waals surface area contributed by atoms with Gasteiger partial charge < -0.3 is 0 Å². The number of thiol groups is 1. The summed E-state index contributed by atoms with van der Waals surface area (Å²) < 4.78 is 1.01. The van der Waals surface area contributed by atoms with Gasteiger partial charge in [0, 0.05) is 4.90 Å². The van der Waals surface area contributed by atoms with Crippen LogP contribution < -0.4 is 0 Å². The molecule has 0 aliphatic carbocycles. The first-order valence-corrected chi connectivity index (χ1v) is 4.55. The van der Waals surface area contributed by atoms with E-state index in [2.05, 4.69) is 17.6 Å². The molecule has 0 amide bonds. The van der Waals surface area contributed by atoms with Crippen LogP contribution in [-0.4, -0.2) is 4.98 Å². The molecule has 2 rings (SSSR count). The van der Waals surface area contributed by atoms with E-state index < -0.39 is 0 Å². The number of fused-ring (bicyclic) bond motifs is 1. The van der Waals surface area contributed by atoms with Crippen molar-refractivity contribution in [3.8, 4) is 6.07 Å². The summed E-state index contributed by atoms with van der Waals surface area (Å²) in [5.74, 6) is 0. The summed E-state index contributed by atoms with van der Waals surface area (Å²) in [6.07, 6.45) is 0. The van der Waals surface area contributed by atoms with Crippen LogP contribution in [0.3, 0.4) is 0 Å². The second-order valence-corrected chi connectivity index (χ2v) is 3.83. The molecule has 0 saturated heterocycles. The Morgan fingerprint density at radius 3 is 3.08 bits per heavy atom. The van der Waals surface area contributed by atoms with Gasteiger partial charge in [-0.15, -0.1) is 24.0 Å². The molecule has 0 aliphatic rings. The van der Waals surface area contributed by atoms with Crippen molar-refractivity contribution in [2.45, 2.75) is 4.90 Å². The van der Waals surface area contributed by atoms with E-state index in [4.69, 9.17) is 5.26 Å². The molecule has 12 heavy (non-hydrogen) atoms. The van der Waals surface area contributed by atoms with Crippen molar-refractivity contribution in [3.05, 3.63) is 23.2 Å². The molecule has 2 nitrogen and oxygen atoms in total. The molecule has 1 aromatic heterocycles. The number of benzene rings is 1. The number of rotatable bonds is 0. The lowest BCUT2D eigenvalue weighted by atomic mass is 10.3. The quantitative estimate of drug-likeness (QED) is 0.651. The first kappa shape index (κ1) is 7.59. The van der Waals surface area contributed by atoms with E-state index >= 15 is 0 Å². The maximum atomic E-state index is 8.59. The molecule has 1 heterocycles. The lowest BCUT2D eigenvalue weighted by molar-refractivity contribution is 1.39. The first-order chi connectivity index (χ1) is 5.79. The summed E-state index contributed by atoms with van der Waals surface area (Å²) in [5, 5.41) is 9.09. The van der Waals surface area contributed by atoms with E-state index in [1.165, 1.54) is 11.3 Å². The number of nitriles is 1. The summed E-state index contributed by atoms with van der Waals surface area (Å²) in [6, 6.07) is 7.67. The molecule has 1 aromatic carbocycles. The molecule has 0 aliphatic heterocycles. The van der Waals surface area contributed by atoms with E-state index in [1.807, 2.05) is 24.3 Å². The van der Waals surface area contributed by atoms with Gasteiger partial charge in [-0.05, 0) is 18.2 Å². The Morgan fingerprint density at radius 1 is 1.50 bits per heavy atom. The molecule has 0 radical (unpaired) electrons. The molecule has 0 N–H and O–H groups in total. The van der Waals surface area contributed by atoms with Crippen molar-refractivity contribution in [3.63, 3.8) is 0 Å². The van der Waals surface area contributed by atoms with Crippen LogP contribution in [0.25, 0.3) is 10.2 Å². The molecule has 0 unspecified atom stereocenters. The summed E-state index contributed by atoms with van der Waals surface area (Å²) in [4.78, 5) is 4.99.